The summed E-state index contributed by atoms with van der Waals surface area (Å²) in [6.45, 7) is 13.9. The average Bonchev–Trinajstić information content (AvgIpc) is 3.16. The smallest absolute Gasteiger partial charge is 0.0976 e. The van der Waals surface area contributed by atoms with E-state index in [1.165, 1.54) is 50.3 Å². The summed E-state index contributed by atoms with van der Waals surface area (Å²) in [5.74, 6) is 0. The number of ether oxygens (including phenoxy) is 1. The molecule has 0 atom stereocenters. The van der Waals surface area contributed by atoms with Crippen LogP contribution < -0.4 is 4.90 Å². The Morgan fingerprint density at radius 3 is 2.38 bits per heavy atom. The Hall–Kier alpha value is -1.36. The number of hydrogen-bond acceptors (Lipinski definition) is 4. The maximum absolute atomic E-state index is 6.55. The second-order valence-corrected chi connectivity index (χ2v) is 7.98. The second kappa shape index (κ2) is 8.12. The second-order valence-electron chi connectivity index (χ2n) is 7.98. The van der Waals surface area contributed by atoms with Crippen molar-refractivity contribution in [3.8, 4) is 0 Å². The molecule has 2 fully saturated rings. The van der Waals surface area contributed by atoms with Crippen molar-refractivity contribution in [2.45, 2.75) is 31.3 Å². The lowest BCUT2D eigenvalue weighted by Crippen LogP contribution is -2.46. The van der Waals surface area contributed by atoms with Gasteiger partial charge in [0.15, 0.2) is 0 Å². The van der Waals surface area contributed by atoms with Crippen molar-refractivity contribution in [3.05, 3.63) is 42.5 Å². The lowest BCUT2D eigenvalue weighted by atomic mass is 9.83. The van der Waals surface area contributed by atoms with E-state index in [1.807, 2.05) is 6.08 Å². The fraction of sp³-hybridized carbons (Fsp3) is 0.636. The highest BCUT2D eigenvalue weighted by molar-refractivity contribution is 5.57. The number of likely N-dealkylation sites (tertiary alicyclic amines) is 2. The first-order valence-corrected chi connectivity index (χ1v) is 10.3. The van der Waals surface area contributed by atoms with E-state index in [0.29, 0.717) is 0 Å². The summed E-state index contributed by atoms with van der Waals surface area (Å²) >= 11 is 0. The Morgan fingerprint density at radius 1 is 0.962 bits per heavy atom. The van der Waals surface area contributed by atoms with Gasteiger partial charge in [0.05, 0.1) is 12.2 Å². The molecule has 4 heteroatoms. The number of hydrogen-bond donors (Lipinski definition) is 0. The third kappa shape index (κ3) is 3.68. The van der Waals surface area contributed by atoms with E-state index in [2.05, 4.69) is 45.5 Å². The van der Waals surface area contributed by atoms with Crippen molar-refractivity contribution >= 4 is 5.69 Å². The van der Waals surface area contributed by atoms with Crippen LogP contribution in [0.2, 0.25) is 0 Å². The van der Waals surface area contributed by atoms with Gasteiger partial charge >= 0.3 is 0 Å². The number of benzene rings is 1. The molecule has 0 saturated carbocycles. The summed E-state index contributed by atoms with van der Waals surface area (Å²) in [6, 6.07) is 8.87. The van der Waals surface area contributed by atoms with Crippen LogP contribution in [0.3, 0.4) is 0 Å². The molecule has 4 rings (SSSR count). The number of piperidine rings is 1. The Morgan fingerprint density at radius 2 is 1.65 bits per heavy atom. The molecule has 0 amide bonds. The SMILES string of the molecule is C=CCN1CCOC2(CCN(CCN3CCCC3)CC2)c2ccccc21. The molecule has 0 unspecified atom stereocenters. The van der Waals surface area contributed by atoms with Crippen LogP contribution in [0.4, 0.5) is 5.69 Å². The predicted octanol–water partition coefficient (Wildman–Crippen LogP) is 3.10. The average molecular weight is 356 g/mol. The maximum Gasteiger partial charge on any atom is 0.0976 e. The van der Waals surface area contributed by atoms with E-state index in [0.717, 1.165) is 45.6 Å². The summed E-state index contributed by atoms with van der Waals surface area (Å²) in [4.78, 5) is 7.67. The van der Waals surface area contributed by atoms with Gasteiger partial charge in [0.2, 0.25) is 0 Å². The van der Waals surface area contributed by atoms with Crippen molar-refractivity contribution in [1.82, 2.24) is 9.80 Å². The number of para-hydroxylation sites is 1. The number of anilines is 1. The van der Waals surface area contributed by atoms with Crippen LogP contribution in [0.5, 0.6) is 0 Å². The molecule has 3 aliphatic rings. The Kier molecular flexibility index (Phi) is 5.63. The van der Waals surface area contributed by atoms with E-state index >= 15 is 0 Å². The summed E-state index contributed by atoms with van der Waals surface area (Å²) in [7, 11) is 0. The van der Waals surface area contributed by atoms with Gasteiger partial charge in [0.1, 0.15) is 0 Å². The zero-order chi connectivity index (χ0) is 17.8. The van der Waals surface area contributed by atoms with E-state index in [4.69, 9.17) is 4.74 Å². The molecule has 3 aliphatic heterocycles. The molecule has 0 bridgehead atoms. The van der Waals surface area contributed by atoms with E-state index in [1.54, 1.807) is 0 Å². The number of rotatable bonds is 5. The quantitative estimate of drug-likeness (QED) is 0.756. The van der Waals surface area contributed by atoms with Crippen LogP contribution in [0.15, 0.2) is 36.9 Å². The lowest BCUT2D eigenvalue weighted by molar-refractivity contribution is -0.0841. The van der Waals surface area contributed by atoms with Crippen LogP contribution in [-0.4, -0.2) is 68.8 Å². The zero-order valence-electron chi connectivity index (χ0n) is 16.0. The molecule has 0 aliphatic carbocycles. The molecule has 142 valence electrons. The van der Waals surface area contributed by atoms with Crippen LogP contribution in [0, 0.1) is 0 Å². The Labute approximate surface area is 158 Å². The molecule has 0 radical (unpaired) electrons. The van der Waals surface area contributed by atoms with Crippen molar-refractivity contribution in [1.29, 1.82) is 0 Å². The highest BCUT2D eigenvalue weighted by atomic mass is 16.5. The van der Waals surface area contributed by atoms with Gasteiger partial charge in [0, 0.05) is 50.5 Å². The van der Waals surface area contributed by atoms with Crippen molar-refractivity contribution in [3.63, 3.8) is 0 Å². The summed E-state index contributed by atoms with van der Waals surface area (Å²) < 4.78 is 6.55. The first-order valence-electron chi connectivity index (χ1n) is 10.3. The van der Waals surface area contributed by atoms with Crippen molar-refractivity contribution < 1.29 is 4.74 Å². The molecule has 0 aromatic heterocycles. The first-order chi connectivity index (χ1) is 12.8. The lowest BCUT2D eigenvalue weighted by Gasteiger charge is -2.42. The minimum Gasteiger partial charge on any atom is -0.368 e. The normalized spacial score (nSPS) is 23.8. The van der Waals surface area contributed by atoms with Crippen LogP contribution in [0.25, 0.3) is 0 Å². The molecule has 4 nitrogen and oxygen atoms in total. The zero-order valence-corrected chi connectivity index (χ0v) is 16.0. The van der Waals surface area contributed by atoms with Crippen LogP contribution in [0.1, 0.15) is 31.2 Å². The maximum atomic E-state index is 6.55. The molecule has 2 saturated heterocycles. The molecule has 1 spiro atoms. The standard InChI is InChI=1S/C22H33N3O/c1-2-11-25-18-19-26-22(20-7-3-4-8-21(20)25)9-14-24(15-10-22)17-16-23-12-5-6-13-23/h2-4,7-8H,1,5-6,9-19H2. The van der Waals surface area contributed by atoms with Gasteiger partial charge in [-0.15, -0.1) is 6.58 Å². The fourth-order valence-corrected chi connectivity index (χ4v) is 4.87. The predicted molar refractivity (Wildman–Crippen MR) is 108 cm³/mol. The van der Waals surface area contributed by atoms with Gasteiger partial charge in [0.25, 0.3) is 0 Å². The molecule has 3 heterocycles. The van der Waals surface area contributed by atoms with Crippen molar-refractivity contribution in [2.75, 3.05) is 63.9 Å². The van der Waals surface area contributed by atoms with Gasteiger partial charge in [-0.05, 0) is 44.8 Å². The molecular weight excluding hydrogens is 322 g/mol. The highest BCUT2D eigenvalue weighted by Gasteiger charge is 2.40. The van der Waals surface area contributed by atoms with Gasteiger partial charge < -0.3 is 19.4 Å². The van der Waals surface area contributed by atoms with Crippen LogP contribution >= 0.6 is 0 Å². The molecule has 0 N–H and O–H groups in total. The number of fused-ring (bicyclic) bond motifs is 2. The number of nitrogens with zero attached hydrogens (tertiary/aromatic N) is 3. The molecule has 1 aromatic carbocycles. The topological polar surface area (TPSA) is 19.0 Å². The monoisotopic (exact) mass is 355 g/mol. The third-order valence-electron chi connectivity index (χ3n) is 6.42. The summed E-state index contributed by atoms with van der Waals surface area (Å²) in [5.41, 5.74) is 2.63. The largest absolute Gasteiger partial charge is 0.368 e. The minimum atomic E-state index is -0.101. The van der Waals surface area contributed by atoms with Gasteiger partial charge in [-0.1, -0.05) is 24.3 Å². The highest BCUT2D eigenvalue weighted by Crippen LogP contribution is 2.43. The fourth-order valence-electron chi connectivity index (χ4n) is 4.87. The Balaban J connectivity index is 1.44. The van der Waals surface area contributed by atoms with Crippen molar-refractivity contribution in [2.24, 2.45) is 0 Å². The summed E-state index contributed by atoms with van der Waals surface area (Å²) in [6.07, 6.45) is 6.97. The van der Waals surface area contributed by atoms with E-state index in [9.17, 15) is 0 Å². The van der Waals surface area contributed by atoms with Crippen LogP contribution in [-0.2, 0) is 10.3 Å². The van der Waals surface area contributed by atoms with E-state index in [-0.39, 0.29) is 5.60 Å². The first kappa shape index (κ1) is 18.0. The summed E-state index contributed by atoms with van der Waals surface area (Å²) in [5, 5.41) is 0. The Bertz CT molecular complexity index is 603. The van der Waals surface area contributed by atoms with Gasteiger partial charge in [-0.25, -0.2) is 0 Å². The molecular formula is C22H33N3O. The molecule has 26 heavy (non-hydrogen) atoms. The van der Waals surface area contributed by atoms with E-state index < -0.39 is 0 Å². The third-order valence-corrected chi connectivity index (χ3v) is 6.42. The van der Waals surface area contributed by atoms with Gasteiger partial charge in [-0.3, -0.25) is 0 Å². The molecule has 1 aromatic rings. The van der Waals surface area contributed by atoms with Gasteiger partial charge in [-0.2, -0.15) is 0 Å². The minimum absolute atomic E-state index is 0.101.